The van der Waals surface area contributed by atoms with E-state index in [0.29, 0.717) is 50.8 Å². The molecule has 3 aliphatic rings. The van der Waals surface area contributed by atoms with Crippen LogP contribution in [0.5, 0.6) is 0 Å². The number of urea groups is 1. The van der Waals surface area contributed by atoms with E-state index in [1.54, 1.807) is 17.0 Å². The Bertz CT molecular complexity index is 1490. The molecule has 6 rings (SSSR count). The van der Waals surface area contributed by atoms with E-state index in [0.717, 1.165) is 22.4 Å². The molecule has 0 aromatic heterocycles. The number of ether oxygens (including phenoxy) is 1. The molecule has 1 N–H and O–H groups in total. The largest absolute Gasteiger partial charge is 0.378 e. The number of hydrogen-bond acceptors (Lipinski definition) is 6. The molecule has 0 aliphatic carbocycles. The molecular weight excluding hydrogens is 580 g/mol. The first kappa shape index (κ1) is 29.9. The fourth-order valence-corrected chi connectivity index (χ4v) is 6.64. The highest BCUT2D eigenvalue weighted by Gasteiger charge is 2.51. The van der Waals surface area contributed by atoms with Gasteiger partial charge in [-0.2, -0.15) is 5.01 Å². The van der Waals surface area contributed by atoms with Gasteiger partial charge in [0.15, 0.2) is 0 Å². The highest BCUT2D eigenvalue weighted by atomic mass is 35.5. The second kappa shape index (κ2) is 13.3. The predicted octanol–water partition coefficient (Wildman–Crippen LogP) is 3.36. The quantitative estimate of drug-likeness (QED) is 0.418. The lowest BCUT2D eigenvalue weighted by Crippen LogP contribution is -2.65. The minimum Gasteiger partial charge on any atom is -0.378 e. The molecule has 3 aromatic rings. The van der Waals surface area contributed by atoms with Crippen molar-refractivity contribution in [2.24, 2.45) is 0 Å². The van der Waals surface area contributed by atoms with Gasteiger partial charge in [-0.3, -0.25) is 14.6 Å². The van der Waals surface area contributed by atoms with Crippen LogP contribution < -0.4 is 10.2 Å². The molecule has 0 saturated carbocycles. The third-order valence-electron chi connectivity index (χ3n) is 8.56. The molecule has 44 heavy (non-hydrogen) atoms. The lowest BCUT2D eigenvalue weighted by molar-refractivity contribution is -0.157. The predicted molar refractivity (Wildman–Crippen MR) is 168 cm³/mol. The molecule has 0 spiro atoms. The molecule has 4 amide bonds. The van der Waals surface area contributed by atoms with Gasteiger partial charge in [0.1, 0.15) is 12.2 Å². The van der Waals surface area contributed by atoms with Crippen molar-refractivity contribution < 1.29 is 19.1 Å². The van der Waals surface area contributed by atoms with E-state index in [2.05, 4.69) is 10.2 Å². The zero-order chi connectivity index (χ0) is 30.6. The van der Waals surface area contributed by atoms with Gasteiger partial charge < -0.3 is 24.8 Å². The maximum absolute atomic E-state index is 14.2. The van der Waals surface area contributed by atoms with Crippen LogP contribution in [-0.2, 0) is 33.8 Å². The monoisotopic (exact) mass is 616 g/mol. The number of benzene rings is 3. The van der Waals surface area contributed by atoms with Crippen LogP contribution in [0.1, 0.15) is 16.7 Å². The number of halogens is 1. The SMILES string of the molecule is CN(C(=O)NCc1ccccc1)N1CC(=O)N2[C@@H](Cc3ccccc3)C(=O)N(Cc3cccc(Cl)c3N3CCOCC3)C[C@@H]21. The number of anilines is 1. The highest BCUT2D eigenvalue weighted by molar-refractivity contribution is 6.33. The van der Waals surface area contributed by atoms with Crippen molar-refractivity contribution in [3.05, 3.63) is 101 Å². The number of nitrogens with zero attached hydrogens (tertiary/aromatic N) is 5. The normalized spacial score (nSPS) is 20.5. The van der Waals surface area contributed by atoms with Crippen LogP contribution in [0, 0.1) is 0 Å². The molecule has 230 valence electrons. The number of morpholine rings is 1. The number of amides is 4. The van der Waals surface area contributed by atoms with Crippen LogP contribution >= 0.6 is 11.6 Å². The Morgan fingerprint density at radius 1 is 0.955 bits per heavy atom. The van der Waals surface area contributed by atoms with Crippen molar-refractivity contribution in [2.75, 3.05) is 51.3 Å². The molecule has 0 bridgehead atoms. The van der Waals surface area contributed by atoms with Crippen molar-refractivity contribution in [3.8, 4) is 0 Å². The van der Waals surface area contributed by atoms with Gasteiger partial charge in [0, 0.05) is 39.6 Å². The van der Waals surface area contributed by atoms with Gasteiger partial charge in [0.25, 0.3) is 0 Å². The summed E-state index contributed by atoms with van der Waals surface area (Å²) in [6.07, 6.45) is -0.130. The minimum atomic E-state index is -0.708. The number of nitrogens with one attached hydrogen (secondary N) is 1. The summed E-state index contributed by atoms with van der Waals surface area (Å²) in [5, 5.41) is 6.81. The molecule has 3 heterocycles. The Morgan fingerprint density at radius 3 is 2.34 bits per heavy atom. The Labute approximate surface area is 262 Å². The first-order valence-corrected chi connectivity index (χ1v) is 15.3. The van der Waals surface area contributed by atoms with Crippen LogP contribution in [0.2, 0.25) is 5.02 Å². The van der Waals surface area contributed by atoms with Crippen LogP contribution in [-0.4, -0.2) is 96.3 Å². The number of carbonyl (C=O) groups excluding carboxylic acids is 3. The van der Waals surface area contributed by atoms with Gasteiger partial charge in [-0.15, -0.1) is 0 Å². The van der Waals surface area contributed by atoms with E-state index in [-0.39, 0.29) is 30.9 Å². The van der Waals surface area contributed by atoms with Crippen molar-refractivity contribution in [1.29, 1.82) is 0 Å². The van der Waals surface area contributed by atoms with Gasteiger partial charge in [0.2, 0.25) is 11.8 Å². The Kier molecular flexibility index (Phi) is 9.02. The summed E-state index contributed by atoms with van der Waals surface area (Å²) in [4.78, 5) is 46.8. The lowest BCUT2D eigenvalue weighted by atomic mass is 9.99. The van der Waals surface area contributed by atoms with Gasteiger partial charge in [-0.1, -0.05) is 84.4 Å². The Hall–Kier alpha value is -4.12. The summed E-state index contributed by atoms with van der Waals surface area (Å²) >= 11 is 6.74. The third kappa shape index (κ3) is 6.24. The number of fused-ring (bicyclic) bond motifs is 1. The summed E-state index contributed by atoms with van der Waals surface area (Å²) in [5.41, 5.74) is 3.78. The standard InChI is InChI=1S/C33H37ClN6O4/c1-36(33(43)35-20-25-11-6-3-7-12-25)39-23-30(41)40-28(19-24-9-4-2-5-10-24)32(42)38(22-29(39)40)21-26-13-8-14-27(34)31(26)37-15-17-44-18-16-37/h2-14,28-29H,15-23H2,1H3,(H,35,43)/t28-,29+/m0/s1. The molecule has 10 nitrogen and oxygen atoms in total. The van der Waals surface area contributed by atoms with E-state index in [9.17, 15) is 14.4 Å². The van der Waals surface area contributed by atoms with Gasteiger partial charge in [-0.25, -0.2) is 4.79 Å². The number of para-hydroxylation sites is 1. The summed E-state index contributed by atoms with van der Waals surface area (Å²) < 4.78 is 5.56. The minimum absolute atomic E-state index is 0.00251. The molecule has 11 heteroatoms. The zero-order valence-electron chi connectivity index (χ0n) is 24.8. The molecule has 3 aliphatic heterocycles. The van der Waals surface area contributed by atoms with E-state index in [1.807, 2.05) is 83.8 Å². The average Bonchev–Trinajstić information content (AvgIpc) is 3.38. The van der Waals surface area contributed by atoms with E-state index < -0.39 is 12.2 Å². The average molecular weight is 617 g/mol. The van der Waals surface area contributed by atoms with Gasteiger partial charge in [0.05, 0.1) is 37.0 Å². The van der Waals surface area contributed by atoms with Gasteiger partial charge >= 0.3 is 6.03 Å². The molecule has 3 fully saturated rings. The lowest BCUT2D eigenvalue weighted by Gasteiger charge is -2.46. The maximum atomic E-state index is 14.2. The fourth-order valence-electron chi connectivity index (χ4n) is 6.33. The second-order valence-corrected chi connectivity index (χ2v) is 11.7. The van der Waals surface area contributed by atoms with Crippen LogP contribution in [0.25, 0.3) is 0 Å². The van der Waals surface area contributed by atoms with E-state index >= 15 is 0 Å². The van der Waals surface area contributed by atoms with Crippen molar-refractivity contribution in [1.82, 2.24) is 25.1 Å². The molecule has 3 saturated heterocycles. The summed E-state index contributed by atoms with van der Waals surface area (Å²) in [6.45, 7) is 3.59. The number of hydrazine groups is 1. The first-order chi connectivity index (χ1) is 21.4. The van der Waals surface area contributed by atoms with Crippen LogP contribution in [0.15, 0.2) is 78.9 Å². The number of piperazine rings is 1. The molecule has 2 atom stereocenters. The fraction of sp³-hybridized carbons (Fsp3) is 0.364. The summed E-state index contributed by atoms with van der Waals surface area (Å²) in [5.74, 6) is -0.298. The number of rotatable bonds is 8. The molecule has 0 radical (unpaired) electrons. The topological polar surface area (TPSA) is 88.7 Å². The van der Waals surface area contributed by atoms with Crippen molar-refractivity contribution in [2.45, 2.75) is 31.7 Å². The van der Waals surface area contributed by atoms with E-state index in [4.69, 9.17) is 16.3 Å². The maximum Gasteiger partial charge on any atom is 0.332 e. The number of hydrogen-bond donors (Lipinski definition) is 1. The molecule has 0 unspecified atom stereocenters. The Balaban J connectivity index is 1.28. The van der Waals surface area contributed by atoms with Gasteiger partial charge in [-0.05, 0) is 22.8 Å². The van der Waals surface area contributed by atoms with Crippen molar-refractivity contribution >= 4 is 35.1 Å². The number of carbonyl (C=O) groups is 3. The van der Waals surface area contributed by atoms with Crippen LogP contribution in [0.4, 0.5) is 10.5 Å². The first-order valence-electron chi connectivity index (χ1n) is 15.0. The second-order valence-electron chi connectivity index (χ2n) is 11.3. The smallest absolute Gasteiger partial charge is 0.332 e. The van der Waals surface area contributed by atoms with E-state index in [1.165, 1.54) is 5.01 Å². The summed E-state index contributed by atoms with van der Waals surface area (Å²) in [7, 11) is 1.66. The molecule has 3 aromatic carbocycles. The molecular formula is C33H37ClN6O4. The Morgan fingerprint density at radius 2 is 1.64 bits per heavy atom. The zero-order valence-corrected chi connectivity index (χ0v) is 25.5. The third-order valence-corrected chi connectivity index (χ3v) is 8.87. The van der Waals surface area contributed by atoms with Crippen LogP contribution in [0.3, 0.4) is 0 Å². The highest BCUT2D eigenvalue weighted by Crippen LogP contribution is 2.34. The summed E-state index contributed by atoms with van der Waals surface area (Å²) in [6, 6.07) is 24.1. The van der Waals surface area contributed by atoms with Crippen molar-refractivity contribution in [3.63, 3.8) is 0 Å².